The van der Waals surface area contributed by atoms with Gasteiger partial charge in [-0.1, -0.05) is 23.7 Å². The number of para-hydroxylation sites is 1. The first-order valence-corrected chi connectivity index (χ1v) is 7.51. The van der Waals surface area contributed by atoms with Crippen LogP contribution in [0.4, 0.5) is 0 Å². The largest absolute Gasteiger partial charge is 0.492 e. The number of aromatic nitrogens is 3. The molecule has 0 radical (unpaired) electrons. The molecule has 0 aliphatic rings. The second-order valence-corrected chi connectivity index (χ2v) is 5.15. The van der Waals surface area contributed by atoms with Crippen LogP contribution in [0.1, 0.15) is 6.42 Å². The number of ether oxygens (including phenoxy) is 1. The molecule has 0 aliphatic heterocycles. The summed E-state index contributed by atoms with van der Waals surface area (Å²) < 4.78 is 7.62. The standard InChI is InChI=1S/C14H19ClN4O.CH2O2/c1-18(8-9-19-11-16-17-12-19)7-4-10-20-14-6-3-2-5-13(14)15;2-1-3/h2-3,5-6,11-12H,4,7-10H2,1H3;1H,(H,2,3). The van der Waals surface area contributed by atoms with E-state index in [1.54, 1.807) is 12.7 Å². The van der Waals surface area contributed by atoms with E-state index in [0.717, 1.165) is 31.8 Å². The summed E-state index contributed by atoms with van der Waals surface area (Å²) in [5.41, 5.74) is 0. The summed E-state index contributed by atoms with van der Waals surface area (Å²) in [6, 6.07) is 7.54. The quantitative estimate of drug-likeness (QED) is 0.585. The number of hydrogen-bond acceptors (Lipinski definition) is 5. The van der Waals surface area contributed by atoms with Crippen LogP contribution in [-0.2, 0) is 11.3 Å². The normalized spacial score (nSPS) is 10.0. The monoisotopic (exact) mass is 340 g/mol. The molecule has 126 valence electrons. The fourth-order valence-electron chi connectivity index (χ4n) is 1.81. The lowest BCUT2D eigenvalue weighted by atomic mass is 10.3. The molecule has 2 aromatic rings. The van der Waals surface area contributed by atoms with Gasteiger partial charge in [0, 0.05) is 19.6 Å². The summed E-state index contributed by atoms with van der Waals surface area (Å²) in [7, 11) is 2.10. The average molecular weight is 341 g/mol. The van der Waals surface area contributed by atoms with Crippen LogP contribution in [0.25, 0.3) is 0 Å². The van der Waals surface area contributed by atoms with E-state index < -0.39 is 0 Å². The van der Waals surface area contributed by atoms with Gasteiger partial charge in [-0.3, -0.25) is 4.79 Å². The lowest BCUT2D eigenvalue weighted by molar-refractivity contribution is -0.122. The van der Waals surface area contributed by atoms with E-state index in [2.05, 4.69) is 22.1 Å². The Balaban J connectivity index is 0.000000816. The zero-order chi connectivity index (χ0) is 16.9. The Morgan fingerprint density at radius 3 is 2.61 bits per heavy atom. The second kappa shape index (κ2) is 11.4. The van der Waals surface area contributed by atoms with Crippen LogP contribution in [0.15, 0.2) is 36.9 Å². The Labute approximate surface area is 140 Å². The number of carboxylic acid groups (broad SMARTS) is 1. The highest BCUT2D eigenvalue weighted by Gasteiger charge is 2.01. The number of rotatable bonds is 8. The van der Waals surface area contributed by atoms with Crippen molar-refractivity contribution in [2.45, 2.75) is 13.0 Å². The molecule has 0 amide bonds. The van der Waals surface area contributed by atoms with Gasteiger partial charge in [-0.05, 0) is 25.6 Å². The number of benzene rings is 1. The molecule has 0 saturated carbocycles. The molecule has 2 rings (SSSR count). The van der Waals surface area contributed by atoms with Gasteiger partial charge in [0.15, 0.2) is 0 Å². The Morgan fingerprint density at radius 1 is 1.30 bits per heavy atom. The van der Waals surface area contributed by atoms with Gasteiger partial charge in [-0.25, -0.2) is 0 Å². The second-order valence-electron chi connectivity index (χ2n) is 4.74. The predicted octanol–water partition coefficient (Wildman–Crippen LogP) is 2.03. The zero-order valence-corrected chi connectivity index (χ0v) is 13.8. The molecule has 0 spiro atoms. The smallest absolute Gasteiger partial charge is 0.290 e. The molecule has 0 atom stereocenters. The number of nitrogens with zero attached hydrogens (tertiary/aromatic N) is 4. The van der Waals surface area contributed by atoms with Crippen LogP contribution in [0.5, 0.6) is 5.75 Å². The predicted molar refractivity (Wildman–Crippen MR) is 87.8 cm³/mol. The number of carbonyl (C=O) groups is 1. The molecule has 8 heteroatoms. The first-order valence-electron chi connectivity index (χ1n) is 7.13. The first-order chi connectivity index (χ1) is 11.2. The van der Waals surface area contributed by atoms with Crippen molar-refractivity contribution in [1.82, 2.24) is 19.7 Å². The highest BCUT2D eigenvalue weighted by molar-refractivity contribution is 6.32. The zero-order valence-electron chi connectivity index (χ0n) is 13.0. The molecule has 1 aromatic heterocycles. The van der Waals surface area contributed by atoms with Crippen molar-refractivity contribution in [2.24, 2.45) is 0 Å². The number of hydrogen-bond donors (Lipinski definition) is 1. The van der Waals surface area contributed by atoms with Crippen molar-refractivity contribution in [1.29, 1.82) is 0 Å². The fraction of sp³-hybridized carbons (Fsp3) is 0.400. The molecule has 23 heavy (non-hydrogen) atoms. The van der Waals surface area contributed by atoms with E-state index in [9.17, 15) is 0 Å². The van der Waals surface area contributed by atoms with Gasteiger partial charge in [0.1, 0.15) is 18.4 Å². The maximum Gasteiger partial charge on any atom is 0.290 e. The minimum Gasteiger partial charge on any atom is -0.492 e. The topological polar surface area (TPSA) is 80.5 Å². The Kier molecular flexibility index (Phi) is 9.42. The molecular weight excluding hydrogens is 320 g/mol. The van der Waals surface area contributed by atoms with Gasteiger partial charge in [-0.2, -0.15) is 0 Å². The van der Waals surface area contributed by atoms with Crippen molar-refractivity contribution >= 4 is 18.1 Å². The van der Waals surface area contributed by atoms with Crippen molar-refractivity contribution in [2.75, 3.05) is 26.7 Å². The molecule has 0 saturated heterocycles. The van der Waals surface area contributed by atoms with E-state index in [1.165, 1.54) is 0 Å². The summed E-state index contributed by atoms with van der Waals surface area (Å²) >= 11 is 6.02. The first kappa shape index (κ1) is 18.9. The molecular formula is C15H21ClN4O3. The Morgan fingerprint density at radius 2 is 1.96 bits per heavy atom. The van der Waals surface area contributed by atoms with E-state index in [-0.39, 0.29) is 6.47 Å². The molecule has 1 N–H and O–H groups in total. The van der Waals surface area contributed by atoms with Gasteiger partial charge >= 0.3 is 0 Å². The van der Waals surface area contributed by atoms with Gasteiger partial charge in [-0.15, -0.1) is 10.2 Å². The summed E-state index contributed by atoms with van der Waals surface area (Å²) in [5, 5.41) is 15.1. The minimum atomic E-state index is -0.250. The third-order valence-electron chi connectivity index (χ3n) is 2.98. The number of halogens is 1. The van der Waals surface area contributed by atoms with Crippen molar-refractivity contribution in [3.8, 4) is 5.75 Å². The van der Waals surface area contributed by atoms with Crippen molar-refractivity contribution < 1.29 is 14.6 Å². The van der Waals surface area contributed by atoms with Crippen LogP contribution in [0.2, 0.25) is 5.02 Å². The van der Waals surface area contributed by atoms with E-state index >= 15 is 0 Å². The summed E-state index contributed by atoms with van der Waals surface area (Å²) in [4.78, 5) is 10.6. The lowest BCUT2D eigenvalue weighted by Gasteiger charge is -2.16. The van der Waals surface area contributed by atoms with Crippen molar-refractivity contribution in [3.05, 3.63) is 41.9 Å². The van der Waals surface area contributed by atoms with Gasteiger partial charge in [0.05, 0.1) is 11.6 Å². The van der Waals surface area contributed by atoms with E-state index in [4.69, 9.17) is 26.2 Å². The SMILES string of the molecule is CN(CCCOc1ccccc1Cl)CCn1cnnc1.O=CO. The van der Waals surface area contributed by atoms with Crippen molar-refractivity contribution in [3.63, 3.8) is 0 Å². The molecule has 0 bridgehead atoms. The maximum absolute atomic E-state index is 8.36. The molecule has 0 aliphatic carbocycles. The summed E-state index contributed by atoms with van der Waals surface area (Å²) in [6.07, 6.45) is 4.42. The Hall–Kier alpha value is -2.12. The van der Waals surface area contributed by atoms with Crippen LogP contribution in [0.3, 0.4) is 0 Å². The highest BCUT2D eigenvalue weighted by Crippen LogP contribution is 2.22. The van der Waals surface area contributed by atoms with Gasteiger partial charge < -0.3 is 19.3 Å². The third kappa shape index (κ3) is 8.18. The fourth-order valence-corrected chi connectivity index (χ4v) is 2.00. The van der Waals surface area contributed by atoms with Crippen LogP contribution in [0, 0.1) is 0 Å². The Bertz CT molecular complexity index is 551. The van der Waals surface area contributed by atoms with E-state index in [0.29, 0.717) is 11.6 Å². The average Bonchev–Trinajstić information content (AvgIpc) is 3.05. The minimum absolute atomic E-state index is 0.250. The molecule has 0 unspecified atom stereocenters. The van der Waals surface area contributed by atoms with Crippen LogP contribution < -0.4 is 4.74 Å². The molecule has 1 heterocycles. The van der Waals surface area contributed by atoms with Crippen LogP contribution in [-0.4, -0.2) is 58.0 Å². The lowest BCUT2D eigenvalue weighted by Crippen LogP contribution is -2.25. The summed E-state index contributed by atoms with van der Waals surface area (Å²) in [5.74, 6) is 0.751. The van der Waals surface area contributed by atoms with Crippen LogP contribution >= 0.6 is 11.6 Å². The van der Waals surface area contributed by atoms with Gasteiger partial charge in [0.25, 0.3) is 6.47 Å². The molecule has 1 aromatic carbocycles. The van der Waals surface area contributed by atoms with Gasteiger partial charge in [0.2, 0.25) is 0 Å². The number of likely N-dealkylation sites (N-methyl/N-ethyl adjacent to an activating group) is 1. The third-order valence-corrected chi connectivity index (χ3v) is 3.30. The molecule has 0 fully saturated rings. The highest BCUT2D eigenvalue weighted by atomic mass is 35.5. The summed E-state index contributed by atoms with van der Waals surface area (Å²) in [6.45, 7) is 3.26. The van der Waals surface area contributed by atoms with E-state index in [1.807, 2.05) is 28.8 Å². The maximum atomic E-state index is 8.36. The molecule has 7 nitrogen and oxygen atoms in total.